The van der Waals surface area contributed by atoms with Gasteiger partial charge in [0.05, 0.1) is 15.8 Å². The van der Waals surface area contributed by atoms with Gasteiger partial charge in [0.25, 0.3) is 0 Å². The molecule has 1 fully saturated rings. The lowest BCUT2D eigenvalue weighted by Crippen LogP contribution is -2.32. The second-order valence-corrected chi connectivity index (χ2v) is 10.3. The van der Waals surface area contributed by atoms with E-state index in [1.54, 1.807) is 22.5 Å². The molecule has 0 spiro atoms. The monoisotopic (exact) mass is 464 g/mol. The summed E-state index contributed by atoms with van der Waals surface area (Å²) in [6.07, 6.45) is 5.38. The van der Waals surface area contributed by atoms with Gasteiger partial charge in [0.15, 0.2) is 0 Å². The topological polar surface area (TPSA) is 89.2 Å². The number of sulfonamides is 1. The average molecular weight is 465 g/mol. The minimum atomic E-state index is -3.49. The van der Waals surface area contributed by atoms with Crippen molar-refractivity contribution in [1.29, 1.82) is 0 Å². The zero-order valence-electron chi connectivity index (χ0n) is 16.2. The van der Waals surface area contributed by atoms with Crippen LogP contribution in [0, 0.1) is 0 Å². The van der Waals surface area contributed by atoms with E-state index in [4.69, 9.17) is 16.1 Å². The van der Waals surface area contributed by atoms with Gasteiger partial charge >= 0.3 is 0 Å². The lowest BCUT2D eigenvalue weighted by atomic mass is 10.2. The number of halogens is 1. The van der Waals surface area contributed by atoms with Gasteiger partial charge in [-0.15, -0.1) is 0 Å². The normalized spacial score (nSPS) is 15.8. The second-order valence-electron chi connectivity index (χ2n) is 6.93. The smallest absolute Gasteiger partial charge is 0.244 e. The van der Waals surface area contributed by atoms with Crippen molar-refractivity contribution in [1.82, 2.24) is 19.4 Å². The third-order valence-corrected chi connectivity index (χ3v) is 7.98. The lowest BCUT2D eigenvalue weighted by molar-refractivity contribution is 0.391. The van der Waals surface area contributed by atoms with Crippen LogP contribution in [0.4, 0.5) is 0 Å². The van der Waals surface area contributed by atoms with Crippen molar-refractivity contribution in [2.45, 2.75) is 41.4 Å². The number of pyridine rings is 1. The van der Waals surface area contributed by atoms with Crippen molar-refractivity contribution in [3.05, 3.63) is 53.5 Å². The van der Waals surface area contributed by atoms with Gasteiger partial charge in [0, 0.05) is 24.8 Å². The molecule has 4 rings (SSSR count). The highest BCUT2D eigenvalue weighted by Crippen LogP contribution is 2.27. The predicted molar refractivity (Wildman–Crippen MR) is 116 cm³/mol. The Kier molecular flexibility index (Phi) is 6.72. The van der Waals surface area contributed by atoms with E-state index in [-0.39, 0.29) is 4.90 Å². The van der Waals surface area contributed by atoms with Crippen LogP contribution < -0.4 is 0 Å². The number of aromatic nitrogens is 3. The summed E-state index contributed by atoms with van der Waals surface area (Å²) in [5.41, 5.74) is 0.709. The zero-order valence-corrected chi connectivity index (χ0v) is 18.6. The molecule has 10 heteroatoms. The molecule has 3 heterocycles. The highest BCUT2D eigenvalue weighted by Gasteiger charge is 2.25. The van der Waals surface area contributed by atoms with E-state index in [0.717, 1.165) is 25.7 Å². The molecule has 0 aliphatic carbocycles. The van der Waals surface area contributed by atoms with Gasteiger partial charge in [0.1, 0.15) is 4.90 Å². The third kappa shape index (κ3) is 4.85. The fourth-order valence-corrected chi connectivity index (χ4v) is 5.60. The zero-order chi connectivity index (χ0) is 21.0. The molecule has 0 radical (unpaired) electrons. The fraction of sp³-hybridized carbons (Fsp3) is 0.350. The van der Waals surface area contributed by atoms with E-state index in [9.17, 15) is 8.42 Å². The molecule has 1 aliphatic rings. The standard InChI is InChI=1S/C20H21ClN4O3S2/c21-17-8-4-3-7-16(17)20-23-18(28-24-20)14-29-19-10-9-15(13-22-19)30(26,27)25-11-5-1-2-6-12-25/h3-4,7-10,13H,1-2,5-6,11-12,14H2. The highest BCUT2D eigenvalue weighted by atomic mass is 35.5. The molecular weight excluding hydrogens is 444 g/mol. The van der Waals surface area contributed by atoms with Crippen LogP contribution in [-0.4, -0.2) is 40.9 Å². The molecule has 158 valence electrons. The first-order valence-electron chi connectivity index (χ1n) is 9.70. The SMILES string of the molecule is O=S(=O)(c1ccc(SCc2nc(-c3ccccc3Cl)no2)nc1)N1CCCCCC1. The molecule has 3 aromatic rings. The van der Waals surface area contributed by atoms with Gasteiger partial charge in [-0.3, -0.25) is 0 Å². The van der Waals surface area contributed by atoms with Crippen molar-refractivity contribution < 1.29 is 12.9 Å². The first-order chi connectivity index (χ1) is 14.5. The van der Waals surface area contributed by atoms with Crippen molar-refractivity contribution in [2.75, 3.05) is 13.1 Å². The van der Waals surface area contributed by atoms with Gasteiger partial charge in [-0.05, 0) is 37.1 Å². The molecule has 0 atom stereocenters. The van der Waals surface area contributed by atoms with E-state index in [1.165, 1.54) is 18.0 Å². The van der Waals surface area contributed by atoms with Gasteiger partial charge in [-0.25, -0.2) is 13.4 Å². The number of benzene rings is 1. The van der Waals surface area contributed by atoms with Crippen LogP contribution in [-0.2, 0) is 15.8 Å². The van der Waals surface area contributed by atoms with E-state index >= 15 is 0 Å². The van der Waals surface area contributed by atoms with Crippen LogP contribution in [0.25, 0.3) is 11.4 Å². The lowest BCUT2D eigenvalue weighted by Gasteiger charge is -2.19. The van der Waals surface area contributed by atoms with Crippen molar-refractivity contribution >= 4 is 33.4 Å². The Morgan fingerprint density at radius 2 is 1.83 bits per heavy atom. The van der Waals surface area contributed by atoms with Gasteiger partial charge in [0.2, 0.25) is 21.7 Å². The number of hydrogen-bond donors (Lipinski definition) is 0. The molecule has 1 saturated heterocycles. The van der Waals surface area contributed by atoms with Gasteiger partial charge < -0.3 is 4.52 Å². The Balaban J connectivity index is 1.40. The summed E-state index contributed by atoms with van der Waals surface area (Å²) >= 11 is 7.56. The highest BCUT2D eigenvalue weighted by molar-refractivity contribution is 7.98. The number of hydrogen-bond acceptors (Lipinski definition) is 7. The second kappa shape index (κ2) is 9.47. The average Bonchev–Trinajstić information content (AvgIpc) is 3.04. The van der Waals surface area contributed by atoms with E-state index < -0.39 is 10.0 Å². The van der Waals surface area contributed by atoms with Crippen LogP contribution in [0.3, 0.4) is 0 Å². The molecule has 0 N–H and O–H groups in total. The summed E-state index contributed by atoms with van der Waals surface area (Å²) in [6, 6.07) is 10.6. The van der Waals surface area contributed by atoms with Gasteiger partial charge in [-0.2, -0.15) is 9.29 Å². The van der Waals surface area contributed by atoms with E-state index in [1.807, 2.05) is 18.2 Å². The molecule has 0 unspecified atom stereocenters. The summed E-state index contributed by atoms with van der Waals surface area (Å²) in [6.45, 7) is 1.15. The maximum Gasteiger partial charge on any atom is 0.244 e. The summed E-state index contributed by atoms with van der Waals surface area (Å²) in [7, 11) is -3.49. The Morgan fingerprint density at radius 1 is 1.07 bits per heavy atom. The number of nitrogens with zero attached hydrogens (tertiary/aromatic N) is 4. The summed E-state index contributed by atoms with van der Waals surface area (Å²) in [5, 5.41) is 5.21. The first kappa shape index (κ1) is 21.3. The van der Waals surface area contributed by atoms with Crippen molar-refractivity contribution in [3.63, 3.8) is 0 Å². The fourth-order valence-electron chi connectivity index (χ4n) is 3.24. The van der Waals surface area contributed by atoms with Crippen LogP contribution >= 0.6 is 23.4 Å². The van der Waals surface area contributed by atoms with Gasteiger partial charge in [-0.1, -0.05) is 53.5 Å². The Bertz CT molecular complexity index is 1100. The quantitative estimate of drug-likeness (QED) is 0.491. The maximum atomic E-state index is 12.8. The summed E-state index contributed by atoms with van der Waals surface area (Å²) in [5.74, 6) is 1.30. The Labute approximate surface area is 184 Å². The van der Waals surface area contributed by atoms with Crippen LogP contribution in [0.2, 0.25) is 5.02 Å². The first-order valence-corrected chi connectivity index (χ1v) is 12.5. The van der Waals surface area contributed by atoms with Crippen molar-refractivity contribution in [2.24, 2.45) is 0 Å². The molecule has 7 nitrogen and oxygen atoms in total. The molecule has 1 aliphatic heterocycles. The molecule has 0 saturated carbocycles. The number of rotatable bonds is 6. The molecular formula is C20H21ClN4O3S2. The minimum absolute atomic E-state index is 0.229. The summed E-state index contributed by atoms with van der Waals surface area (Å²) < 4.78 is 32.5. The predicted octanol–water partition coefficient (Wildman–Crippen LogP) is 4.64. The summed E-state index contributed by atoms with van der Waals surface area (Å²) in [4.78, 5) is 8.90. The minimum Gasteiger partial charge on any atom is -0.338 e. The van der Waals surface area contributed by atoms with E-state index in [2.05, 4.69) is 15.1 Å². The molecule has 30 heavy (non-hydrogen) atoms. The Morgan fingerprint density at radius 3 is 2.53 bits per heavy atom. The third-order valence-electron chi connectivity index (χ3n) is 4.84. The van der Waals surface area contributed by atoms with E-state index in [0.29, 0.717) is 46.2 Å². The largest absolute Gasteiger partial charge is 0.338 e. The van der Waals surface area contributed by atoms with Crippen LogP contribution in [0.15, 0.2) is 57.0 Å². The molecule has 1 aromatic carbocycles. The van der Waals surface area contributed by atoms with Crippen LogP contribution in [0.1, 0.15) is 31.6 Å². The molecule has 0 amide bonds. The van der Waals surface area contributed by atoms with Crippen LogP contribution in [0.5, 0.6) is 0 Å². The van der Waals surface area contributed by atoms with Crippen molar-refractivity contribution in [3.8, 4) is 11.4 Å². The molecule has 2 aromatic heterocycles. The Hall–Kier alpha value is -1.94. The maximum absolute atomic E-state index is 12.8. The molecule has 0 bridgehead atoms. The number of thioether (sulfide) groups is 1.